The predicted molar refractivity (Wildman–Crippen MR) is 59.8 cm³/mol. The summed E-state index contributed by atoms with van der Waals surface area (Å²) in [6, 6.07) is 4.18. The molecule has 1 aliphatic rings. The summed E-state index contributed by atoms with van der Waals surface area (Å²) in [5, 5.41) is 6.75. The topological polar surface area (TPSA) is 56.9 Å². The lowest BCUT2D eigenvalue weighted by Crippen LogP contribution is -2.28. The van der Waals surface area contributed by atoms with Gasteiger partial charge in [-0.05, 0) is 18.4 Å². The molecule has 0 aliphatic heterocycles. The van der Waals surface area contributed by atoms with Crippen LogP contribution in [0.25, 0.3) is 0 Å². The molecule has 2 rings (SSSR count). The van der Waals surface area contributed by atoms with Crippen molar-refractivity contribution >= 4 is 0 Å². The smallest absolute Gasteiger partial charge is 0.247 e. The van der Waals surface area contributed by atoms with Gasteiger partial charge in [0, 0.05) is 37.9 Å². The van der Waals surface area contributed by atoms with E-state index in [0.29, 0.717) is 0 Å². The number of aromatic amines is 1. The van der Waals surface area contributed by atoms with Crippen LogP contribution in [0.2, 0.25) is 0 Å². The van der Waals surface area contributed by atoms with Gasteiger partial charge in [-0.3, -0.25) is 4.79 Å². The first-order chi connectivity index (χ1) is 7.34. The van der Waals surface area contributed by atoms with E-state index in [1.165, 1.54) is 12.8 Å². The minimum atomic E-state index is -0.0471. The molecule has 1 aromatic rings. The molecule has 1 saturated carbocycles. The van der Waals surface area contributed by atoms with E-state index in [1.54, 1.807) is 12.3 Å². The molecule has 0 unspecified atom stereocenters. The van der Waals surface area contributed by atoms with E-state index in [2.05, 4.69) is 15.6 Å². The summed E-state index contributed by atoms with van der Waals surface area (Å²) in [5.74, 6) is 0. The van der Waals surface area contributed by atoms with Crippen LogP contribution >= 0.6 is 0 Å². The first-order valence-corrected chi connectivity index (χ1v) is 5.46. The number of hydrogen-bond donors (Lipinski definition) is 3. The molecule has 1 aliphatic carbocycles. The Morgan fingerprint density at radius 1 is 1.33 bits per heavy atom. The van der Waals surface area contributed by atoms with Crippen LogP contribution in [0.5, 0.6) is 0 Å². The highest BCUT2D eigenvalue weighted by atomic mass is 16.1. The quantitative estimate of drug-likeness (QED) is 0.585. The van der Waals surface area contributed by atoms with Gasteiger partial charge in [-0.25, -0.2) is 0 Å². The Morgan fingerprint density at radius 2 is 2.20 bits per heavy atom. The summed E-state index contributed by atoms with van der Waals surface area (Å²) in [4.78, 5) is 13.5. The van der Waals surface area contributed by atoms with Crippen molar-refractivity contribution in [3.63, 3.8) is 0 Å². The second-order valence-electron chi connectivity index (χ2n) is 3.97. The van der Waals surface area contributed by atoms with Crippen molar-refractivity contribution in [2.75, 3.05) is 13.1 Å². The maximum absolute atomic E-state index is 10.8. The molecular weight excluding hydrogens is 190 g/mol. The zero-order valence-electron chi connectivity index (χ0n) is 8.75. The van der Waals surface area contributed by atoms with Gasteiger partial charge in [0.05, 0.1) is 0 Å². The van der Waals surface area contributed by atoms with Gasteiger partial charge in [0.25, 0.3) is 0 Å². The number of nitrogens with one attached hydrogen (secondary N) is 3. The molecular formula is C11H17N3O. The van der Waals surface area contributed by atoms with Crippen molar-refractivity contribution in [1.82, 2.24) is 15.6 Å². The Kier molecular flexibility index (Phi) is 3.53. The SMILES string of the molecule is O=c1ccc(CNCCNC2CC2)c[nH]1. The van der Waals surface area contributed by atoms with Crippen molar-refractivity contribution < 1.29 is 0 Å². The Labute approximate surface area is 89.1 Å². The summed E-state index contributed by atoms with van der Waals surface area (Å²) >= 11 is 0. The number of hydrogen-bond acceptors (Lipinski definition) is 3. The van der Waals surface area contributed by atoms with Crippen LogP contribution < -0.4 is 16.2 Å². The molecule has 1 aromatic heterocycles. The largest absolute Gasteiger partial charge is 0.329 e. The molecule has 0 radical (unpaired) electrons. The van der Waals surface area contributed by atoms with Gasteiger partial charge in [0.2, 0.25) is 5.56 Å². The van der Waals surface area contributed by atoms with Gasteiger partial charge in [-0.15, -0.1) is 0 Å². The van der Waals surface area contributed by atoms with E-state index >= 15 is 0 Å². The van der Waals surface area contributed by atoms with Crippen molar-refractivity contribution in [3.8, 4) is 0 Å². The van der Waals surface area contributed by atoms with Gasteiger partial charge in [-0.2, -0.15) is 0 Å². The van der Waals surface area contributed by atoms with E-state index in [4.69, 9.17) is 0 Å². The van der Waals surface area contributed by atoms with E-state index < -0.39 is 0 Å². The summed E-state index contributed by atoms with van der Waals surface area (Å²) < 4.78 is 0. The van der Waals surface area contributed by atoms with Crippen LogP contribution in [-0.2, 0) is 6.54 Å². The van der Waals surface area contributed by atoms with Crippen LogP contribution in [0.4, 0.5) is 0 Å². The highest BCUT2D eigenvalue weighted by molar-refractivity contribution is 5.07. The Hall–Kier alpha value is -1.13. The van der Waals surface area contributed by atoms with Crippen molar-refractivity contribution in [2.45, 2.75) is 25.4 Å². The summed E-state index contributed by atoms with van der Waals surface area (Å²) in [5.41, 5.74) is 1.06. The van der Waals surface area contributed by atoms with Crippen LogP contribution in [0.15, 0.2) is 23.1 Å². The lowest BCUT2D eigenvalue weighted by molar-refractivity contribution is 0.608. The van der Waals surface area contributed by atoms with Gasteiger partial charge >= 0.3 is 0 Å². The summed E-state index contributed by atoms with van der Waals surface area (Å²) in [7, 11) is 0. The normalized spacial score (nSPS) is 15.5. The summed E-state index contributed by atoms with van der Waals surface area (Å²) in [6.07, 6.45) is 4.42. The number of pyridine rings is 1. The molecule has 1 heterocycles. The molecule has 4 nitrogen and oxygen atoms in total. The predicted octanol–water partition coefficient (Wildman–Crippen LogP) is 0.216. The summed E-state index contributed by atoms with van der Waals surface area (Å²) in [6.45, 7) is 2.80. The second-order valence-corrected chi connectivity index (χ2v) is 3.97. The lowest BCUT2D eigenvalue weighted by atomic mass is 10.3. The zero-order valence-corrected chi connectivity index (χ0v) is 8.75. The van der Waals surface area contributed by atoms with Crippen LogP contribution in [0.1, 0.15) is 18.4 Å². The minimum absolute atomic E-state index is 0.0471. The first-order valence-electron chi connectivity index (χ1n) is 5.46. The number of aromatic nitrogens is 1. The lowest BCUT2D eigenvalue weighted by Gasteiger charge is -2.05. The maximum Gasteiger partial charge on any atom is 0.247 e. The van der Waals surface area contributed by atoms with Crippen molar-refractivity contribution in [2.24, 2.45) is 0 Å². The minimum Gasteiger partial charge on any atom is -0.329 e. The van der Waals surface area contributed by atoms with Gasteiger partial charge in [-0.1, -0.05) is 6.07 Å². The fraction of sp³-hybridized carbons (Fsp3) is 0.545. The standard InChI is InChI=1S/C11H17N3O/c15-11-4-1-9(8-14-11)7-12-5-6-13-10-2-3-10/h1,4,8,10,12-13H,2-3,5-7H2,(H,14,15). The Morgan fingerprint density at radius 3 is 2.87 bits per heavy atom. The third-order valence-corrected chi connectivity index (χ3v) is 2.49. The molecule has 1 fully saturated rings. The van der Waals surface area contributed by atoms with Gasteiger partial charge in [0.15, 0.2) is 0 Å². The monoisotopic (exact) mass is 207 g/mol. The number of H-pyrrole nitrogens is 1. The second kappa shape index (κ2) is 5.09. The van der Waals surface area contributed by atoms with E-state index in [1.807, 2.05) is 6.07 Å². The molecule has 82 valence electrons. The van der Waals surface area contributed by atoms with Crippen LogP contribution in [0.3, 0.4) is 0 Å². The van der Waals surface area contributed by atoms with Gasteiger partial charge in [0.1, 0.15) is 0 Å². The highest BCUT2D eigenvalue weighted by Gasteiger charge is 2.19. The molecule has 4 heteroatoms. The maximum atomic E-state index is 10.8. The molecule has 0 saturated heterocycles. The van der Waals surface area contributed by atoms with Gasteiger partial charge < -0.3 is 15.6 Å². The fourth-order valence-electron chi connectivity index (χ4n) is 1.44. The van der Waals surface area contributed by atoms with Crippen molar-refractivity contribution in [3.05, 3.63) is 34.2 Å². The van der Waals surface area contributed by atoms with Crippen LogP contribution in [-0.4, -0.2) is 24.1 Å². The Balaban J connectivity index is 1.60. The zero-order chi connectivity index (χ0) is 10.5. The van der Waals surface area contributed by atoms with E-state index in [0.717, 1.165) is 31.2 Å². The molecule has 0 amide bonds. The third kappa shape index (κ3) is 3.85. The molecule has 15 heavy (non-hydrogen) atoms. The molecule has 0 bridgehead atoms. The number of rotatable bonds is 6. The molecule has 3 N–H and O–H groups in total. The average Bonchev–Trinajstić information content (AvgIpc) is 3.04. The fourth-order valence-corrected chi connectivity index (χ4v) is 1.44. The molecule has 0 atom stereocenters. The molecule has 0 spiro atoms. The highest BCUT2D eigenvalue weighted by Crippen LogP contribution is 2.17. The Bertz CT molecular complexity index is 337. The first kappa shape index (κ1) is 10.4. The molecule has 0 aromatic carbocycles. The van der Waals surface area contributed by atoms with Crippen LogP contribution in [0, 0.1) is 0 Å². The van der Waals surface area contributed by atoms with Crippen molar-refractivity contribution in [1.29, 1.82) is 0 Å². The van der Waals surface area contributed by atoms with E-state index in [9.17, 15) is 4.79 Å². The third-order valence-electron chi connectivity index (χ3n) is 2.49. The average molecular weight is 207 g/mol. The van der Waals surface area contributed by atoms with E-state index in [-0.39, 0.29) is 5.56 Å².